The highest BCUT2D eigenvalue weighted by Crippen LogP contribution is 2.47. The number of carbonyl (C=O) groups excluding carboxylic acids is 1. The third-order valence-corrected chi connectivity index (χ3v) is 8.60. The van der Waals surface area contributed by atoms with Crippen LogP contribution in [0.2, 0.25) is 0 Å². The molecule has 0 bridgehead atoms. The molecule has 3 nitrogen and oxygen atoms in total. The Morgan fingerprint density at radius 2 is 1.88 bits per heavy atom. The van der Waals surface area contributed by atoms with Crippen molar-refractivity contribution in [2.45, 2.75) is 21.1 Å². The van der Waals surface area contributed by atoms with Crippen LogP contribution in [0.1, 0.15) is 15.7 Å². The van der Waals surface area contributed by atoms with E-state index in [1.165, 1.54) is 27.5 Å². The van der Waals surface area contributed by atoms with Crippen molar-refractivity contribution in [2.24, 2.45) is 0 Å². The van der Waals surface area contributed by atoms with Crippen molar-refractivity contribution in [3.05, 3.63) is 53.6 Å². The summed E-state index contributed by atoms with van der Waals surface area (Å²) < 4.78 is 11.6. The number of hydrogen-bond acceptors (Lipinski definition) is 6. The van der Waals surface area contributed by atoms with E-state index in [9.17, 15) is 4.79 Å². The van der Waals surface area contributed by atoms with E-state index in [2.05, 4.69) is 12.1 Å². The predicted molar refractivity (Wildman–Crippen MR) is 106 cm³/mol. The normalized spacial score (nSPS) is 19.6. The SMILES string of the molecule is COc1cc(C2SCCS2)ccc1OC(=O)[C@H]1Cc2ccccc2S1. The lowest BCUT2D eigenvalue weighted by Gasteiger charge is -2.15. The lowest BCUT2D eigenvalue weighted by atomic mass is 10.1. The van der Waals surface area contributed by atoms with Gasteiger partial charge in [0.25, 0.3) is 0 Å². The van der Waals surface area contributed by atoms with Gasteiger partial charge in [-0.15, -0.1) is 35.3 Å². The van der Waals surface area contributed by atoms with E-state index in [0.29, 0.717) is 16.1 Å². The van der Waals surface area contributed by atoms with Crippen molar-refractivity contribution in [2.75, 3.05) is 18.6 Å². The van der Waals surface area contributed by atoms with Gasteiger partial charge in [-0.05, 0) is 35.7 Å². The second kappa shape index (κ2) is 7.56. The quantitative estimate of drug-likeness (QED) is 0.551. The van der Waals surface area contributed by atoms with E-state index in [4.69, 9.17) is 9.47 Å². The summed E-state index contributed by atoms with van der Waals surface area (Å²) in [5.41, 5.74) is 2.43. The predicted octanol–water partition coefficient (Wildman–Crippen LogP) is 4.80. The molecular weight excluding hydrogens is 372 g/mol. The van der Waals surface area contributed by atoms with Gasteiger partial charge in [0.1, 0.15) is 5.25 Å². The van der Waals surface area contributed by atoms with Crippen molar-refractivity contribution >= 4 is 41.3 Å². The highest BCUT2D eigenvalue weighted by Gasteiger charge is 2.30. The zero-order chi connectivity index (χ0) is 17.2. The van der Waals surface area contributed by atoms with E-state index in [1.54, 1.807) is 18.9 Å². The van der Waals surface area contributed by atoms with Gasteiger partial charge in [0.15, 0.2) is 11.5 Å². The maximum absolute atomic E-state index is 12.6. The first kappa shape index (κ1) is 17.2. The number of thioether (sulfide) groups is 3. The van der Waals surface area contributed by atoms with Gasteiger partial charge < -0.3 is 9.47 Å². The van der Waals surface area contributed by atoms with Crippen molar-refractivity contribution < 1.29 is 14.3 Å². The molecule has 1 saturated heterocycles. The molecule has 0 aromatic heterocycles. The number of esters is 1. The third kappa shape index (κ3) is 3.66. The molecule has 0 aliphatic carbocycles. The Balaban J connectivity index is 1.48. The molecule has 2 aromatic carbocycles. The molecule has 4 rings (SSSR count). The Morgan fingerprint density at radius 1 is 1.08 bits per heavy atom. The monoisotopic (exact) mass is 390 g/mol. The van der Waals surface area contributed by atoms with Crippen molar-refractivity contribution in [1.82, 2.24) is 0 Å². The average molecular weight is 391 g/mol. The Kier molecular flexibility index (Phi) is 5.20. The number of methoxy groups -OCH3 is 1. The smallest absolute Gasteiger partial charge is 0.325 e. The lowest BCUT2D eigenvalue weighted by molar-refractivity contribution is -0.133. The summed E-state index contributed by atoms with van der Waals surface area (Å²) in [6, 6.07) is 14.0. The molecule has 130 valence electrons. The number of carbonyl (C=O) groups is 1. The van der Waals surface area contributed by atoms with Crippen molar-refractivity contribution in [3.63, 3.8) is 0 Å². The topological polar surface area (TPSA) is 35.5 Å². The fourth-order valence-electron chi connectivity index (χ4n) is 2.95. The fraction of sp³-hybridized carbons (Fsp3) is 0.316. The molecule has 0 spiro atoms. The van der Waals surface area contributed by atoms with E-state index in [1.807, 2.05) is 53.9 Å². The molecular formula is C19H18O3S3. The van der Waals surface area contributed by atoms with Crippen LogP contribution < -0.4 is 9.47 Å². The zero-order valence-corrected chi connectivity index (χ0v) is 16.2. The summed E-state index contributed by atoms with van der Waals surface area (Å²) in [4.78, 5) is 13.8. The minimum Gasteiger partial charge on any atom is -0.493 e. The Morgan fingerprint density at radius 3 is 2.64 bits per heavy atom. The van der Waals surface area contributed by atoms with Crippen LogP contribution in [0, 0.1) is 0 Å². The molecule has 6 heteroatoms. The highest BCUT2D eigenvalue weighted by molar-refractivity contribution is 8.19. The summed E-state index contributed by atoms with van der Waals surface area (Å²) >= 11 is 5.47. The summed E-state index contributed by atoms with van der Waals surface area (Å²) in [6.07, 6.45) is 0.718. The largest absolute Gasteiger partial charge is 0.493 e. The number of hydrogen-bond donors (Lipinski definition) is 0. The fourth-order valence-corrected chi connectivity index (χ4v) is 6.97. The Hall–Kier alpha value is -1.24. The van der Waals surface area contributed by atoms with Gasteiger partial charge in [0, 0.05) is 16.4 Å². The molecule has 2 heterocycles. The van der Waals surface area contributed by atoms with Gasteiger partial charge >= 0.3 is 5.97 Å². The van der Waals surface area contributed by atoms with Gasteiger partial charge in [0.05, 0.1) is 11.7 Å². The van der Waals surface area contributed by atoms with Crippen LogP contribution in [0.5, 0.6) is 11.5 Å². The second-order valence-corrected chi connectivity index (χ2v) is 9.79. The number of rotatable bonds is 4. The third-order valence-electron chi connectivity index (χ3n) is 4.20. The van der Waals surface area contributed by atoms with Crippen LogP contribution in [0.25, 0.3) is 0 Å². The molecule has 0 unspecified atom stereocenters. The number of benzene rings is 2. The lowest BCUT2D eigenvalue weighted by Crippen LogP contribution is -2.22. The first-order valence-electron chi connectivity index (χ1n) is 8.12. The van der Waals surface area contributed by atoms with Crippen molar-refractivity contribution in [1.29, 1.82) is 0 Å². The minimum absolute atomic E-state index is 0.192. The molecule has 1 atom stereocenters. The zero-order valence-electron chi connectivity index (χ0n) is 13.8. The van der Waals surface area contributed by atoms with Crippen LogP contribution in [-0.2, 0) is 11.2 Å². The molecule has 25 heavy (non-hydrogen) atoms. The van der Waals surface area contributed by atoms with Gasteiger partial charge in [-0.25, -0.2) is 0 Å². The molecule has 2 aliphatic rings. The van der Waals surface area contributed by atoms with Gasteiger partial charge in [-0.1, -0.05) is 24.3 Å². The maximum atomic E-state index is 12.6. The minimum atomic E-state index is -0.211. The maximum Gasteiger partial charge on any atom is 0.325 e. The molecule has 2 aromatic rings. The van der Waals surface area contributed by atoms with Gasteiger partial charge in [-0.3, -0.25) is 4.79 Å². The van der Waals surface area contributed by atoms with Crippen LogP contribution in [-0.4, -0.2) is 29.8 Å². The molecule has 0 N–H and O–H groups in total. The molecule has 2 aliphatic heterocycles. The van der Waals surface area contributed by atoms with E-state index in [0.717, 1.165) is 6.42 Å². The van der Waals surface area contributed by atoms with Crippen LogP contribution in [0.4, 0.5) is 0 Å². The second-order valence-electron chi connectivity index (χ2n) is 5.82. The van der Waals surface area contributed by atoms with Gasteiger partial charge in [0.2, 0.25) is 0 Å². The molecule has 0 saturated carbocycles. The van der Waals surface area contributed by atoms with Crippen LogP contribution in [0.3, 0.4) is 0 Å². The number of fused-ring (bicyclic) bond motifs is 1. The molecule has 1 fully saturated rings. The van der Waals surface area contributed by atoms with Crippen LogP contribution >= 0.6 is 35.3 Å². The standard InChI is InChI=1S/C19H18O3S3/c1-21-15-10-13(19-23-8-9-24-19)6-7-14(15)22-18(20)17-11-12-4-2-3-5-16(12)25-17/h2-7,10,17,19H,8-9,11H2,1H3/t17-/m1/s1. The van der Waals surface area contributed by atoms with E-state index >= 15 is 0 Å². The molecule has 0 radical (unpaired) electrons. The average Bonchev–Trinajstić information content (AvgIpc) is 3.31. The summed E-state index contributed by atoms with van der Waals surface area (Å²) in [5, 5.41) is -0.192. The van der Waals surface area contributed by atoms with Crippen LogP contribution in [0.15, 0.2) is 47.4 Å². The van der Waals surface area contributed by atoms with Gasteiger partial charge in [-0.2, -0.15) is 0 Å². The summed E-state index contributed by atoms with van der Waals surface area (Å²) in [5.74, 6) is 3.26. The number of ether oxygens (including phenoxy) is 2. The van der Waals surface area contributed by atoms with E-state index < -0.39 is 0 Å². The highest BCUT2D eigenvalue weighted by atomic mass is 32.2. The molecule has 0 amide bonds. The van der Waals surface area contributed by atoms with E-state index in [-0.39, 0.29) is 11.2 Å². The summed E-state index contributed by atoms with van der Waals surface area (Å²) in [7, 11) is 1.62. The first-order chi connectivity index (χ1) is 12.2. The summed E-state index contributed by atoms with van der Waals surface area (Å²) in [6.45, 7) is 0. The first-order valence-corrected chi connectivity index (χ1v) is 11.1. The Bertz CT molecular complexity index is 762. The Labute approximate surface area is 160 Å². The van der Waals surface area contributed by atoms with Crippen molar-refractivity contribution in [3.8, 4) is 11.5 Å².